The Morgan fingerprint density at radius 2 is 1.85 bits per heavy atom. The summed E-state index contributed by atoms with van der Waals surface area (Å²) in [7, 11) is 0. The van der Waals surface area contributed by atoms with E-state index >= 15 is 0 Å². The number of nitrogens with zero attached hydrogens (tertiary/aromatic N) is 3. The number of fused-ring (bicyclic) bond motifs is 1. The molecule has 6 nitrogen and oxygen atoms in total. The predicted molar refractivity (Wildman–Crippen MR) is 103 cm³/mol. The number of anilines is 1. The van der Waals surface area contributed by atoms with Crippen LogP contribution < -0.4 is 15.8 Å². The van der Waals surface area contributed by atoms with Crippen LogP contribution in [0.25, 0.3) is 0 Å². The van der Waals surface area contributed by atoms with Crippen LogP contribution in [0, 0.1) is 5.92 Å². The van der Waals surface area contributed by atoms with Gasteiger partial charge in [-0.25, -0.2) is 10.4 Å². The number of amides is 1. The molecule has 26 heavy (non-hydrogen) atoms. The van der Waals surface area contributed by atoms with Crippen molar-refractivity contribution in [3.05, 3.63) is 24.4 Å². The molecule has 1 saturated carbocycles. The average Bonchev–Trinajstić information content (AvgIpc) is 2.88. The lowest BCUT2D eigenvalue weighted by molar-refractivity contribution is -0.134. The zero-order valence-electron chi connectivity index (χ0n) is 15.6. The van der Waals surface area contributed by atoms with Gasteiger partial charge in [-0.3, -0.25) is 10.2 Å². The summed E-state index contributed by atoms with van der Waals surface area (Å²) in [6, 6.07) is 6.43. The van der Waals surface area contributed by atoms with Gasteiger partial charge in [0, 0.05) is 44.3 Å². The molecule has 3 unspecified atom stereocenters. The first kappa shape index (κ1) is 17.7. The molecule has 1 aliphatic carbocycles. The van der Waals surface area contributed by atoms with Gasteiger partial charge in [0.15, 0.2) is 0 Å². The molecule has 4 rings (SSSR count). The molecule has 3 fully saturated rings. The number of rotatable bonds is 2. The average molecular weight is 358 g/mol. The SMILES string of the molecule is O=C(C1NNC2CCCCCCC21)N1CCCN(c2ccccn2)CC1. The lowest BCUT2D eigenvalue weighted by atomic mass is 9.83. The topological polar surface area (TPSA) is 60.5 Å². The molecule has 0 aromatic carbocycles. The third kappa shape index (κ3) is 3.86. The van der Waals surface area contributed by atoms with Crippen LogP contribution in [0.1, 0.15) is 44.9 Å². The molecule has 0 spiro atoms. The predicted octanol–water partition coefficient (Wildman–Crippen LogP) is 1.94. The van der Waals surface area contributed by atoms with Crippen LogP contribution in [-0.2, 0) is 4.79 Å². The summed E-state index contributed by atoms with van der Waals surface area (Å²) in [5, 5.41) is 0. The van der Waals surface area contributed by atoms with E-state index in [4.69, 9.17) is 0 Å². The van der Waals surface area contributed by atoms with Gasteiger partial charge in [0.25, 0.3) is 0 Å². The summed E-state index contributed by atoms with van der Waals surface area (Å²) in [5.74, 6) is 1.74. The number of pyridine rings is 1. The maximum Gasteiger partial charge on any atom is 0.241 e. The third-order valence-corrected chi connectivity index (χ3v) is 6.22. The zero-order valence-corrected chi connectivity index (χ0v) is 15.6. The van der Waals surface area contributed by atoms with Crippen molar-refractivity contribution in [2.45, 2.75) is 57.0 Å². The fourth-order valence-electron chi connectivity index (χ4n) is 4.74. The molecule has 2 N–H and O–H groups in total. The Morgan fingerprint density at radius 1 is 0.962 bits per heavy atom. The molecule has 2 saturated heterocycles. The largest absolute Gasteiger partial charge is 0.355 e. The quantitative estimate of drug-likeness (QED) is 0.847. The highest BCUT2D eigenvalue weighted by molar-refractivity contribution is 5.82. The first-order chi connectivity index (χ1) is 12.8. The molecule has 3 heterocycles. The van der Waals surface area contributed by atoms with Gasteiger partial charge in [-0.2, -0.15) is 0 Å². The summed E-state index contributed by atoms with van der Waals surface area (Å²) < 4.78 is 0. The zero-order chi connectivity index (χ0) is 17.8. The third-order valence-electron chi connectivity index (χ3n) is 6.22. The van der Waals surface area contributed by atoms with Crippen LogP contribution >= 0.6 is 0 Å². The number of carbonyl (C=O) groups excluding carboxylic acids is 1. The smallest absolute Gasteiger partial charge is 0.241 e. The van der Waals surface area contributed by atoms with Gasteiger partial charge in [0.2, 0.25) is 5.91 Å². The van der Waals surface area contributed by atoms with Crippen LogP contribution in [0.15, 0.2) is 24.4 Å². The summed E-state index contributed by atoms with van der Waals surface area (Å²) in [6.45, 7) is 3.45. The number of aromatic nitrogens is 1. The normalized spacial score (nSPS) is 30.2. The number of nitrogens with one attached hydrogen (secondary N) is 2. The maximum absolute atomic E-state index is 13.2. The second kappa shape index (κ2) is 8.35. The number of hydrogen-bond acceptors (Lipinski definition) is 5. The van der Waals surface area contributed by atoms with Crippen molar-refractivity contribution in [2.75, 3.05) is 31.1 Å². The van der Waals surface area contributed by atoms with Gasteiger partial charge in [-0.1, -0.05) is 31.7 Å². The van der Waals surface area contributed by atoms with Crippen LogP contribution in [-0.4, -0.2) is 54.1 Å². The Kier molecular flexibility index (Phi) is 5.70. The summed E-state index contributed by atoms with van der Waals surface area (Å²) >= 11 is 0. The van der Waals surface area contributed by atoms with Crippen molar-refractivity contribution in [3.63, 3.8) is 0 Å². The van der Waals surface area contributed by atoms with Crippen molar-refractivity contribution in [1.82, 2.24) is 20.7 Å². The molecule has 0 radical (unpaired) electrons. The van der Waals surface area contributed by atoms with Crippen LogP contribution in [0.2, 0.25) is 0 Å². The molecule has 1 aromatic heterocycles. The highest BCUT2D eigenvalue weighted by atomic mass is 16.2. The Labute approximate surface area is 156 Å². The molecule has 142 valence electrons. The Morgan fingerprint density at radius 3 is 2.69 bits per heavy atom. The van der Waals surface area contributed by atoms with Gasteiger partial charge in [-0.05, 0) is 31.4 Å². The molecule has 3 aliphatic rings. The number of hydrogen-bond donors (Lipinski definition) is 2. The molecule has 6 heteroatoms. The van der Waals surface area contributed by atoms with Crippen LogP contribution in [0.4, 0.5) is 5.82 Å². The van der Waals surface area contributed by atoms with E-state index < -0.39 is 0 Å². The summed E-state index contributed by atoms with van der Waals surface area (Å²) in [5.41, 5.74) is 6.78. The maximum atomic E-state index is 13.2. The van der Waals surface area contributed by atoms with Crippen LogP contribution in [0.5, 0.6) is 0 Å². The van der Waals surface area contributed by atoms with E-state index in [1.54, 1.807) is 0 Å². The van der Waals surface area contributed by atoms with E-state index in [1.807, 2.05) is 18.3 Å². The van der Waals surface area contributed by atoms with Gasteiger partial charge >= 0.3 is 0 Å². The van der Waals surface area contributed by atoms with Crippen molar-refractivity contribution in [3.8, 4) is 0 Å². The van der Waals surface area contributed by atoms with E-state index in [9.17, 15) is 4.79 Å². The minimum absolute atomic E-state index is 0.0560. The number of carbonyl (C=O) groups is 1. The van der Waals surface area contributed by atoms with Crippen molar-refractivity contribution < 1.29 is 4.79 Å². The minimum atomic E-state index is -0.0560. The van der Waals surface area contributed by atoms with E-state index in [0.29, 0.717) is 12.0 Å². The second-order valence-corrected chi connectivity index (χ2v) is 7.88. The van der Waals surface area contributed by atoms with E-state index in [0.717, 1.165) is 44.8 Å². The summed E-state index contributed by atoms with van der Waals surface area (Å²) in [4.78, 5) is 22.1. The Hall–Kier alpha value is -1.66. The molecular weight excluding hydrogens is 326 g/mol. The van der Waals surface area contributed by atoms with Crippen molar-refractivity contribution in [1.29, 1.82) is 0 Å². The fraction of sp³-hybridized carbons (Fsp3) is 0.700. The first-order valence-electron chi connectivity index (χ1n) is 10.3. The Bertz CT molecular complexity index is 595. The monoisotopic (exact) mass is 357 g/mol. The van der Waals surface area contributed by atoms with E-state index in [-0.39, 0.29) is 11.9 Å². The van der Waals surface area contributed by atoms with Crippen molar-refractivity contribution >= 4 is 11.7 Å². The molecule has 1 aromatic rings. The fourth-order valence-corrected chi connectivity index (χ4v) is 4.74. The molecule has 3 atom stereocenters. The van der Waals surface area contributed by atoms with Crippen molar-refractivity contribution in [2.24, 2.45) is 5.92 Å². The first-order valence-corrected chi connectivity index (χ1v) is 10.3. The Balaban J connectivity index is 1.38. The lowest BCUT2D eigenvalue weighted by Gasteiger charge is -2.29. The molecular formula is C20H31N5O. The molecule has 0 bridgehead atoms. The standard InChI is InChI=1S/C20H31N5O/c26-20(19-16-8-3-1-2-4-9-17(16)22-23-19)25-13-7-12-24(14-15-25)18-10-5-6-11-21-18/h5-6,10-11,16-17,19,22-23H,1-4,7-9,12-15H2. The highest BCUT2D eigenvalue weighted by Gasteiger charge is 2.41. The highest BCUT2D eigenvalue weighted by Crippen LogP contribution is 2.29. The van der Waals surface area contributed by atoms with Gasteiger partial charge in [0.05, 0.1) is 0 Å². The number of hydrazine groups is 1. The van der Waals surface area contributed by atoms with E-state index in [1.165, 1.54) is 32.1 Å². The summed E-state index contributed by atoms with van der Waals surface area (Å²) in [6.07, 6.45) is 10.4. The van der Waals surface area contributed by atoms with Gasteiger partial charge in [-0.15, -0.1) is 0 Å². The second-order valence-electron chi connectivity index (χ2n) is 7.88. The van der Waals surface area contributed by atoms with Gasteiger partial charge < -0.3 is 9.80 Å². The van der Waals surface area contributed by atoms with E-state index in [2.05, 4.69) is 31.7 Å². The molecule has 1 amide bonds. The minimum Gasteiger partial charge on any atom is -0.355 e. The van der Waals surface area contributed by atoms with Gasteiger partial charge in [0.1, 0.15) is 11.9 Å². The van der Waals surface area contributed by atoms with Crippen LogP contribution in [0.3, 0.4) is 0 Å². The lowest BCUT2D eigenvalue weighted by Crippen LogP contribution is -2.49. The molecule has 2 aliphatic heterocycles.